The summed E-state index contributed by atoms with van der Waals surface area (Å²) in [5.41, 5.74) is 2.26. The molecule has 4 rings (SSSR count). The van der Waals surface area contributed by atoms with Crippen LogP contribution in [0.15, 0.2) is 42.6 Å². The lowest BCUT2D eigenvalue weighted by Crippen LogP contribution is -2.23. The highest BCUT2D eigenvalue weighted by atomic mass is 35.5. The largest absolute Gasteiger partial charge is 0.348 e. The fraction of sp³-hybridized carbons (Fsp3) is 0.278. The molecule has 0 spiro atoms. The van der Waals surface area contributed by atoms with Gasteiger partial charge < -0.3 is 5.32 Å². The summed E-state index contributed by atoms with van der Waals surface area (Å²) < 4.78 is 1.92. The van der Waals surface area contributed by atoms with Crippen molar-refractivity contribution >= 4 is 23.2 Å². The molecule has 1 N–H and O–H groups in total. The quantitative estimate of drug-likeness (QED) is 0.775. The van der Waals surface area contributed by atoms with E-state index in [1.807, 2.05) is 40.9 Å². The second kappa shape index (κ2) is 6.24. The van der Waals surface area contributed by atoms with Gasteiger partial charge in [-0.2, -0.15) is 0 Å². The first kappa shape index (κ1) is 15.1. The summed E-state index contributed by atoms with van der Waals surface area (Å²) in [5.74, 6) is 1.51. The van der Waals surface area contributed by atoms with Gasteiger partial charge in [0.15, 0.2) is 5.65 Å². The van der Waals surface area contributed by atoms with Crippen molar-refractivity contribution in [2.75, 3.05) is 0 Å². The summed E-state index contributed by atoms with van der Waals surface area (Å²) in [6.45, 7) is 0.396. The first-order chi connectivity index (χ1) is 11.7. The number of fused-ring (bicyclic) bond motifs is 1. The van der Waals surface area contributed by atoms with Crippen LogP contribution in [0.4, 0.5) is 0 Å². The zero-order chi connectivity index (χ0) is 16.5. The number of carbonyl (C=O) groups excluding carboxylic acids is 1. The van der Waals surface area contributed by atoms with E-state index in [1.165, 1.54) is 12.8 Å². The minimum absolute atomic E-state index is 0.136. The van der Waals surface area contributed by atoms with Gasteiger partial charge in [0, 0.05) is 24.2 Å². The zero-order valence-electron chi connectivity index (χ0n) is 13.1. The summed E-state index contributed by atoms with van der Waals surface area (Å²) in [4.78, 5) is 12.4. The van der Waals surface area contributed by atoms with E-state index in [0.717, 1.165) is 29.4 Å². The van der Waals surface area contributed by atoms with E-state index in [0.29, 0.717) is 17.1 Å². The third-order valence-electron chi connectivity index (χ3n) is 4.30. The molecule has 0 radical (unpaired) electrons. The third-order valence-corrected chi connectivity index (χ3v) is 4.67. The van der Waals surface area contributed by atoms with Gasteiger partial charge in [-0.25, -0.2) is 0 Å². The topological polar surface area (TPSA) is 59.3 Å². The minimum Gasteiger partial charge on any atom is -0.348 e. The molecule has 1 amide bonds. The van der Waals surface area contributed by atoms with Crippen LogP contribution in [0, 0.1) is 5.92 Å². The summed E-state index contributed by atoms with van der Waals surface area (Å²) in [7, 11) is 0. The molecule has 0 atom stereocenters. The van der Waals surface area contributed by atoms with Crippen LogP contribution in [0.25, 0.3) is 5.65 Å². The van der Waals surface area contributed by atoms with Crippen LogP contribution in [0.3, 0.4) is 0 Å². The molecule has 122 valence electrons. The molecule has 0 saturated heterocycles. The van der Waals surface area contributed by atoms with Crippen LogP contribution in [0.2, 0.25) is 5.02 Å². The fourth-order valence-electron chi connectivity index (χ4n) is 2.71. The van der Waals surface area contributed by atoms with E-state index < -0.39 is 0 Å². The summed E-state index contributed by atoms with van der Waals surface area (Å²) in [6, 6.07) is 11.1. The molecule has 0 bridgehead atoms. The molecule has 6 heteroatoms. The van der Waals surface area contributed by atoms with Gasteiger partial charge in [0.1, 0.15) is 5.82 Å². The first-order valence-electron chi connectivity index (χ1n) is 8.06. The molecule has 24 heavy (non-hydrogen) atoms. The summed E-state index contributed by atoms with van der Waals surface area (Å²) >= 11 is 6.12. The molecule has 3 aromatic rings. The predicted molar refractivity (Wildman–Crippen MR) is 92.0 cm³/mol. The molecule has 5 nitrogen and oxygen atoms in total. The number of halogens is 1. The van der Waals surface area contributed by atoms with Gasteiger partial charge in [-0.3, -0.25) is 9.20 Å². The van der Waals surface area contributed by atoms with Gasteiger partial charge in [-0.05, 0) is 42.5 Å². The lowest BCUT2D eigenvalue weighted by atomic mass is 10.2. The Kier molecular flexibility index (Phi) is 3.94. The maximum atomic E-state index is 12.4. The Morgan fingerprint density at radius 1 is 1.21 bits per heavy atom. The van der Waals surface area contributed by atoms with E-state index in [9.17, 15) is 4.79 Å². The van der Waals surface area contributed by atoms with Crippen molar-refractivity contribution < 1.29 is 4.79 Å². The van der Waals surface area contributed by atoms with Gasteiger partial charge in [-0.1, -0.05) is 29.8 Å². The van der Waals surface area contributed by atoms with E-state index in [4.69, 9.17) is 11.6 Å². The molecule has 2 aromatic heterocycles. The Morgan fingerprint density at radius 2 is 2.04 bits per heavy atom. The third kappa shape index (κ3) is 3.12. The van der Waals surface area contributed by atoms with Crippen LogP contribution >= 0.6 is 11.6 Å². The number of nitrogens with zero attached hydrogens (tertiary/aromatic N) is 3. The van der Waals surface area contributed by atoms with Crippen molar-refractivity contribution in [3.8, 4) is 0 Å². The van der Waals surface area contributed by atoms with Gasteiger partial charge in [0.25, 0.3) is 5.91 Å². The molecule has 0 aliphatic heterocycles. The molecule has 1 fully saturated rings. The SMILES string of the molecule is O=C(NCc1ccccc1Cl)c1ccc2nnc(CC3CC3)n2c1. The molecular formula is C18H17ClN4O. The molecular weight excluding hydrogens is 324 g/mol. The van der Waals surface area contributed by atoms with E-state index in [1.54, 1.807) is 6.07 Å². The molecule has 1 saturated carbocycles. The number of hydrogen-bond donors (Lipinski definition) is 1. The monoisotopic (exact) mass is 340 g/mol. The van der Waals surface area contributed by atoms with Crippen molar-refractivity contribution in [1.82, 2.24) is 19.9 Å². The average Bonchev–Trinajstić information content (AvgIpc) is 3.33. The Bertz CT molecular complexity index is 901. The second-order valence-electron chi connectivity index (χ2n) is 6.18. The van der Waals surface area contributed by atoms with E-state index in [2.05, 4.69) is 15.5 Å². The Labute approximate surface area is 144 Å². The van der Waals surface area contributed by atoms with Gasteiger partial charge in [-0.15, -0.1) is 10.2 Å². The standard InChI is InChI=1S/C18H17ClN4O/c19-15-4-2-1-3-13(15)10-20-18(24)14-7-8-16-21-22-17(23(16)11-14)9-12-5-6-12/h1-4,7-8,11-12H,5-6,9-10H2,(H,20,24). The number of hydrogen-bond acceptors (Lipinski definition) is 3. The van der Waals surface area contributed by atoms with Crippen LogP contribution in [0.1, 0.15) is 34.6 Å². The van der Waals surface area contributed by atoms with Gasteiger partial charge in [0.2, 0.25) is 0 Å². The molecule has 2 heterocycles. The summed E-state index contributed by atoms with van der Waals surface area (Å²) in [6.07, 6.45) is 5.25. The number of pyridine rings is 1. The number of aromatic nitrogens is 3. The smallest absolute Gasteiger partial charge is 0.253 e. The number of benzene rings is 1. The number of amides is 1. The van der Waals surface area contributed by atoms with E-state index in [-0.39, 0.29) is 5.91 Å². The normalized spacial score (nSPS) is 14.0. The fourth-order valence-corrected chi connectivity index (χ4v) is 2.91. The van der Waals surface area contributed by atoms with Crippen molar-refractivity contribution in [2.24, 2.45) is 5.92 Å². The van der Waals surface area contributed by atoms with E-state index >= 15 is 0 Å². The molecule has 0 unspecified atom stereocenters. The molecule has 1 aromatic carbocycles. The minimum atomic E-state index is -0.136. The number of rotatable bonds is 5. The second-order valence-corrected chi connectivity index (χ2v) is 6.59. The molecule has 1 aliphatic rings. The van der Waals surface area contributed by atoms with Crippen molar-refractivity contribution in [2.45, 2.75) is 25.8 Å². The van der Waals surface area contributed by atoms with Crippen LogP contribution in [-0.2, 0) is 13.0 Å². The highest BCUT2D eigenvalue weighted by Gasteiger charge is 2.24. The molecule has 1 aliphatic carbocycles. The number of carbonyl (C=O) groups is 1. The van der Waals surface area contributed by atoms with Gasteiger partial charge in [0.05, 0.1) is 5.56 Å². The predicted octanol–water partition coefficient (Wildman–Crippen LogP) is 3.27. The van der Waals surface area contributed by atoms with Gasteiger partial charge >= 0.3 is 0 Å². The zero-order valence-corrected chi connectivity index (χ0v) is 13.8. The van der Waals surface area contributed by atoms with Crippen molar-refractivity contribution in [1.29, 1.82) is 0 Å². The maximum absolute atomic E-state index is 12.4. The number of nitrogens with one attached hydrogen (secondary N) is 1. The Hall–Kier alpha value is -2.40. The highest BCUT2D eigenvalue weighted by molar-refractivity contribution is 6.31. The van der Waals surface area contributed by atoms with Crippen molar-refractivity contribution in [3.05, 3.63) is 64.6 Å². The lowest BCUT2D eigenvalue weighted by Gasteiger charge is -2.08. The Morgan fingerprint density at radius 3 is 2.83 bits per heavy atom. The van der Waals surface area contributed by atoms with Crippen LogP contribution in [-0.4, -0.2) is 20.5 Å². The highest BCUT2D eigenvalue weighted by Crippen LogP contribution is 2.32. The Balaban J connectivity index is 1.52. The lowest BCUT2D eigenvalue weighted by molar-refractivity contribution is 0.0950. The first-order valence-corrected chi connectivity index (χ1v) is 8.44. The summed E-state index contributed by atoms with van der Waals surface area (Å²) in [5, 5.41) is 12.0. The average molecular weight is 341 g/mol. The van der Waals surface area contributed by atoms with Crippen molar-refractivity contribution in [3.63, 3.8) is 0 Å². The maximum Gasteiger partial charge on any atom is 0.253 e. The van der Waals surface area contributed by atoms with Crippen LogP contribution in [0.5, 0.6) is 0 Å². The van der Waals surface area contributed by atoms with Crippen LogP contribution < -0.4 is 5.32 Å².